The number of aromatic nitrogens is 2. The number of hydrogen-bond donors (Lipinski definition) is 3. The van der Waals surface area contributed by atoms with Gasteiger partial charge in [-0.25, -0.2) is 9.98 Å². The Morgan fingerprint density at radius 1 is 1.05 bits per heavy atom. The van der Waals surface area contributed by atoms with Crippen molar-refractivity contribution in [2.24, 2.45) is 4.99 Å². The highest BCUT2D eigenvalue weighted by Crippen LogP contribution is 2.36. The predicted octanol–water partition coefficient (Wildman–Crippen LogP) is 4.59. The third kappa shape index (κ3) is 6.79. The number of ether oxygens (including phenoxy) is 1. The normalized spacial score (nSPS) is 17.3. The van der Waals surface area contributed by atoms with Crippen molar-refractivity contribution in [2.45, 2.75) is 24.9 Å². The number of nitrogens with one attached hydrogen (secondary N) is 3. The summed E-state index contributed by atoms with van der Waals surface area (Å²) in [5.74, 6) is -0.384. The van der Waals surface area contributed by atoms with E-state index >= 15 is 0 Å². The number of carbonyl (C=O) groups is 1. The number of rotatable bonds is 7. The quantitative estimate of drug-likeness (QED) is 0.272. The van der Waals surface area contributed by atoms with Gasteiger partial charge in [-0.2, -0.15) is 26.3 Å². The molecule has 1 amide bonds. The van der Waals surface area contributed by atoms with E-state index in [1.807, 2.05) is 0 Å². The van der Waals surface area contributed by atoms with Gasteiger partial charge in [0.1, 0.15) is 17.3 Å². The van der Waals surface area contributed by atoms with Crippen LogP contribution in [0.25, 0.3) is 11.4 Å². The Kier molecular flexibility index (Phi) is 8.31. The van der Waals surface area contributed by atoms with Gasteiger partial charge in [0.25, 0.3) is 5.91 Å². The molecule has 5 rings (SSSR count). The molecule has 1 saturated heterocycles. The van der Waals surface area contributed by atoms with Crippen LogP contribution >= 0.6 is 0 Å². The van der Waals surface area contributed by atoms with Crippen molar-refractivity contribution in [2.75, 3.05) is 43.6 Å². The summed E-state index contributed by atoms with van der Waals surface area (Å²) in [6, 6.07) is 9.01. The van der Waals surface area contributed by atoms with E-state index in [0.29, 0.717) is 38.4 Å². The predicted molar refractivity (Wildman–Crippen MR) is 142 cm³/mol. The zero-order valence-corrected chi connectivity index (χ0v) is 21.9. The smallest absolute Gasteiger partial charge is 0.365 e. The van der Waals surface area contributed by atoms with E-state index in [1.54, 1.807) is 0 Å². The van der Waals surface area contributed by atoms with Crippen molar-refractivity contribution in [3.05, 3.63) is 71.4 Å². The first-order chi connectivity index (χ1) is 20.0. The van der Waals surface area contributed by atoms with Crippen LogP contribution in [0.4, 0.5) is 37.8 Å². The van der Waals surface area contributed by atoms with Gasteiger partial charge in [-0.1, -0.05) is 0 Å². The number of nitrogens with zero attached hydrogens (tertiary/aromatic N) is 4. The molecule has 1 fully saturated rings. The standard InChI is InChI=1S/C27H25F6N7O2/c28-26(29,30)16-4-6-17(7-5-16)36-22-18-8-9-20(21-19(27(31,32)33)3-1-10-34-21)37-23(18)39-24(38-22)25(41)35-11-2-12-40-13-14-42-15-40/h1,3-10,24H,2,11-15H2,(H,35,41)(H,36,38)(H,37,39). The Labute approximate surface area is 236 Å². The third-order valence-electron chi connectivity index (χ3n) is 6.54. The second kappa shape index (κ2) is 11.9. The number of amidine groups is 1. The first kappa shape index (κ1) is 29.3. The molecule has 3 N–H and O–H groups in total. The molecule has 1 atom stereocenters. The lowest BCUT2D eigenvalue weighted by molar-refractivity contribution is -0.138. The van der Waals surface area contributed by atoms with Crippen LogP contribution in [0.15, 0.2) is 59.7 Å². The highest BCUT2D eigenvalue weighted by Gasteiger charge is 2.35. The van der Waals surface area contributed by atoms with Gasteiger partial charge >= 0.3 is 12.4 Å². The number of benzene rings is 1. The molecular weight excluding hydrogens is 568 g/mol. The van der Waals surface area contributed by atoms with Crippen LogP contribution in [0, 0.1) is 0 Å². The molecule has 0 radical (unpaired) electrons. The number of hydrogen-bond acceptors (Lipinski definition) is 8. The summed E-state index contributed by atoms with van der Waals surface area (Å²) in [6.45, 7) is 3.02. The minimum Gasteiger partial charge on any atom is -0.365 e. The number of amides is 1. The molecule has 0 saturated carbocycles. The summed E-state index contributed by atoms with van der Waals surface area (Å²) < 4.78 is 85.3. The van der Waals surface area contributed by atoms with E-state index in [0.717, 1.165) is 24.7 Å². The Hall–Kier alpha value is -4.24. The fourth-order valence-electron chi connectivity index (χ4n) is 4.43. The molecule has 0 aliphatic carbocycles. The molecule has 3 aromatic rings. The van der Waals surface area contributed by atoms with E-state index in [4.69, 9.17) is 4.74 Å². The van der Waals surface area contributed by atoms with Gasteiger partial charge in [0.2, 0.25) is 6.17 Å². The van der Waals surface area contributed by atoms with Crippen molar-refractivity contribution in [1.82, 2.24) is 20.2 Å². The monoisotopic (exact) mass is 593 g/mol. The molecular formula is C27H25F6N7O2. The molecule has 4 heterocycles. The van der Waals surface area contributed by atoms with Crippen LogP contribution in [-0.2, 0) is 21.9 Å². The van der Waals surface area contributed by atoms with Crippen LogP contribution in [0.5, 0.6) is 0 Å². The lowest BCUT2D eigenvalue weighted by atomic mass is 10.1. The SMILES string of the molecule is O=C(NCCCN1CCOC1)C1N=C(Nc2ccc(C(F)(F)F)cc2)c2ccc(-c3ncccc3C(F)(F)F)nc2N1. The molecule has 42 heavy (non-hydrogen) atoms. The molecule has 1 unspecified atom stereocenters. The highest BCUT2D eigenvalue weighted by molar-refractivity contribution is 6.13. The van der Waals surface area contributed by atoms with E-state index in [1.165, 1.54) is 36.5 Å². The van der Waals surface area contributed by atoms with Gasteiger partial charge in [-0.15, -0.1) is 0 Å². The number of anilines is 2. The van der Waals surface area contributed by atoms with Crippen molar-refractivity contribution in [1.29, 1.82) is 0 Å². The summed E-state index contributed by atoms with van der Waals surface area (Å²) in [7, 11) is 0. The molecule has 15 heteroatoms. The summed E-state index contributed by atoms with van der Waals surface area (Å²) in [4.78, 5) is 27.7. The van der Waals surface area contributed by atoms with Crippen molar-refractivity contribution >= 4 is 23.2 Å². The van der Waals surface area contributed by atoms with Gasteiger partial charge in [0.15, 0.2) is 0 Å². The molecule has 2 aromatic heterocycles. The topological polar surface area (TPSA) is 104 Å². The number of fused-ring (bicyclic) bond motifs is 1. The molecule has 2 aliphatic rings. The number of alkyl halides is 6. The minimum absolute atomic E-state index is 0.0463. The van der Waals surface area contributed by atoms with Crippen molar-refractivity contribution in [3.8, 4) is 11.4 Å². The van der Waals surface area contributed by atoms with Gasteiger partial charge in [0.05, 0.1) is 35.7 Å². The summed E-state index contributed by atoms with van der Waals surface area (Å²) >= 11 is 0. The maximum Gasteiger partial charge on any atom is 0.418 e. The molecule has 1 aromatic carbocycles. The molecule has 0 bridgehead atoms. The van der Waals surface area contributed by atoms with Gasteiger partial charge in [-0.05, 0) is 55.0 Å². The van der Waals surface area contributed by atoms with Crippen molar-refractivity contribution < 1.29 is 35.9 Å². The summed E-state index contributed by atoms with van der Waals surface area (Å²) in [5.41, 5.74) is -1.79. The fourth-order valence-corrected chi connectivity index (χ4v) is 4.43. The Morgan fingerprint density at radius 3 is 2.52 bits per heavy atom. The van der Waals surface area contributed by atoms with Crippen LogP contribution in [-0.4, -0.2) is 65.7 Å². The van der Waals surface area contributed by atoms with E-state index in [-0.39, 0.29) is 23.0 Å². The zero-order valence-electron chi connectivity index (χ0n) is 21.9. The van der Waals surface area contributed by atoms with Crippen LogP contribution in [0.1, 0.15) is 23.1 Å². The second-order valence-electron chi connectivity index (χ2n) is 9.51. The molecule has 2 aliphatic heterocycles. The second-order valence-corrected chi connectivity index (χ2v) is 9.51. The zero-order chi connectivity index (χ0) is 29.9. The average molecular weight is 594 g/mol. The molecule has 0 spiro atoms. The first-order valence-electron chi connectivity index (χ1n) is 12.9. The fraction of sp³-hybridized carbons (Fsp3) is 0.333. The largest absolute Gasteiger partial charge is 0.418 e. The number of pyridine rings is 2. The van der Waals surface area contributed by atoms with Gasteiger partial charge in [0, 0.05) is 31.5 Å². The summed E-state index contributed by atoms with van der Waals surface area (Å²) in [6.07, 6.45) is -8.58. The van der Waals surface area contributed by atoms with Crippen LogP contribution in [0.3, 0.4) is 0 Å². The van der Waals surface area contributed by atoms with Crippen LogP contribution < -0.4 is 16.0 Å². The number of aliphatic imine (C=N–C) groups is 1. The minimum atomic E-state index is -4.69. The number of carbonyl (C=O) groups excluding carboxylic acids is 1. The maximum atomic E-state index is 13.6. The van der Waals surface area contributed by atoms with Gasteiger partial charge in [-0.3, -0.25) is 14.7 Å². The molecule has 9 nitrogen and oxygen atoms in total. The van der Waals surface area contributed by atoms with Crippen LogP contribution in [0.2, 0.25) is 0 Å². The van der Waals surface area contributed by atoms with Crippen molar-refractivity contribution in [3.63, 3.8) is 0 Å². The van der Waals surface area contributed by atoms with E-state index in [9.17, 15) is 31.1 Å². The van der Waals surface area contributed by atoms with Gasteiger partial charge < -0.3 is 20.7 Å². The lowest BCUT2D eigenvalue weighted by Gasteiger charge is -2.25. The lowest BCUT2D eigenvalue weighted by Crippen LogP contribution is -2.43. The maximum absolute atomic E-state index is 13.6. The average Bonchev–Trinajstić information content (AvgIpc) is 3.48. The first-order valence-corrected chi connectivity index (χ1v) is 12.9. The Morgan fingerprint density at radius 2 is 1.83 bits per heavy atom. The Bertz CT molecular complexity index is 1450. The highest BCUT2D eigenvalue weighted by atomic mass is 19.4. The third-order valence-corrected chi connectivity index (χ3v) is 6.54. The summed E-state index contributed by atoms with van der Waals surface area (Å²) in [5, 5.41) is 8.53. The van der Waals surface area contributed by atoms with E-state index in [2.05, 4.69) is 35.8 Å². The molecule has 222 valence electrons. The Balaban J connectivity index is 1.41. The number of halogens is 6. The van der Waals surface area contributed by atoms with E-state index < -0.39 is 41.2 Å².